The largest absolute Gasteiger partial charge is 0.376 e. The predicted octanol–water partition coefficient (Wildman–Crippen LogP) is 3.16. The molecule has 1 aromatic carbocycles. The predicted molar refractivity (Wildman–Crippen MR) is 121 cm³/mol. The highest BCUT2D eigenvalue weighted by Crippen LogP contribution is 2.26. The number of aromatic nitrogens is 3. The summed E-state index contributed by atoms with van der Waals surface area (Å²) >= 11 is 1.34. The van der Waals surface area contributed by atoms with Crippen molar-refractivity contribution in [2.45, 2.75) is 55.8 Å². The summed E-state index contributed by atoms with van der Waals surface area (Å²) in [5.41, 5.74) is 1.49. The minimum atomic E-state index is -0.361. The van der Waals surface area contributed by atoms with Crippen molar-refractivity contribution in [2.24, 2.45) is 0 Å². The van der Waals surface area contributed by atoms with Crippen LogP contribution in [0.15, 0.2) is 58.7 Å². The zero-order chi connectivity index (χ0) is 21.6. The molecule has 0 unspecified atom stereocenters. The summed E-state index contributed by atoms with van der Waals surface area (Å²) in [4.78, 5) is 34.9. The van der Waals surface area contributed by atoms with Crippen LogP contribution < -0.4 is 10.9 Å². The van der Waals surface area contributed by atoms with E-state index in [-0.39, 0.29) is 22.8 Å². The maximum atomic E-state index is 13.2. The molecule has 0 aliphatic carbocycles. The van der Waals surface area contributed by atoms with Crippen LogP contribution in [0.5, 0.6) is 0 Å². The second kappa shape index (κ2) is 10.1. The van der Waals surface area contributed by atoms with Gasteiger partial charge in [-0.3, -0.25) is 19.1 Å². The lowest BCUT2D eigenvalue weighted by Crippen LogP contribution is -2.34. The van der Waals surface area contributed by atoms with Crippen LogP contribution in [0, 0.1) is 0 Å². The summed E-state index contributed by atoms with van der Waals surface area (Å²) in [6.07, 6.45) is 5.97. The Kier molecular flexibility index (Phi) is 6.99. The molecule has 0 bridgehead atoms. The zero-order valence-electron chi connectivity index (χ0n) is 17.5. The van der Waals surface area contributed by atoms with Gasteiger partial charge in [-0.25, -0.2) is 4.98 Å². The Morgan fingerprint density at radius 2 is 2.19 bits per heavy atom. The molecule has 3 aromatic rings. The third-order valence-electron chi connectivity index (χ3n) is 5.34. The third-order valence-corrected chi connectivity index (χ3v) is 6.69. The molecule has 2 atom stereocenters. The van der Waals surface area contributed by atoms with Crippen LogP contribution in [0.4, 0.5) is 0 Å². The molecule has 1 fully saturated rings. The molecule has 162 valence electrons. The van der Waals surface area contributed by atoms with E-state index < -0.39 is 0 Å². The van der Waals surface area contributed by atoms with Gasteiger partial charge < -0.3 is 10.1 Å². The van der Waals surface area contributed by atoms with E-state index in [1.54, 1.807) is 23.0 Å². The summed E-state index contributed by atoms with van der Waals surface area (Å²) in [6, 6.07) is 11.1. The van der Waals surface area contributed by atoms with E-state index in [9.17, 15) is 9.59 Å². The zero-order valence-corrected chi connectivity index (χ0v) is 18.3. The van der Waals surface area contributed by atoms with Gasteiger partial charge in [0, 0.05) is 25.5 Å². The second-order valence-electron chi connectivity index (χ2n) is 7.56. The van der Waals surface area contributed by atoms with Crippen LogP contribution in [0.25, 0.3) is 10.9 Å². The monoisotopic (exact) mass is 438 g/mol. The van der Waals surface area contributed by atoms with E-state index in [0.717, 1.165) is 25.0 Å². The molecule has 31 heavy (non-hydrogen) atoms. The number of thioether (sulfide) groups is 1. The third kappa shape index (κ3) is 5.14. The molecule has 1 aliphatic heterocycles. The number of rotatable bonds is 8. The molecule has 2 aromatic heterocycles. The van der Waals surface area contributed by atoms with Crippen molar-refractivity contribution in [1.29, 1.82) is 0 Å². The van der Waals surface area contributed by atoms with Gasteiger partial charge in [0.1, 0.15) is 0 Å². The van der Waals surface area contributed by atoms with Crippen LogP contribution in [0.3, 0.4) is 0 Å². The fourth-order valence-electron chi connectivity index (χ4n) is 3.65. The first-order chi connectivity index (χ1) is 15.2. The number of amides is 1. The number of benzene rings is 1. The van der Waals surface area contributed by atoms with Gasteiger partial charge in [-0.2, -0.15) is 0 Å². The Balaban J connectivity index is 1.58. The van der Waals surface area contributed by atoms with Crippen molar-refractivity contribution in [3.8, 4) is 0 Å². The van der Waals surface area contributed by atoms with Gasteiger partial charge in [0.15, 0.2) is 5.16 Å². The number of pyridine rings is 1. The fourth-order valence-corrected chi connectivity index (χ4v) is 4.69. The maximum Gasteiger partial charge on any atom is 0.262 e. The number of nitrogens with one attached hydrogen (secondary N) is 1. The molecule has 3 heterocycles. The van der Waals surface area contributed by atoms with Crippen molar-refractivity contribution < 1.29 is 9.53 Å². The molecule has 1 N–H and O–H groups in total. The average molecular weight is 439 g/mol. The lowest BCUT2D eigenvalue weighted by atomic mass is 10.2. The fraction of sp³-hybridized carbons (Fsp3) is 0.391. The van der Waals surface area contributed by atoms with E-state index in [1.165, 1.54) is 11.8 Å². The summed E-state index contributed by atoms with van der Waals surface area (Å²) in [7, 11) is 0. The van der Waals surface area contributed by atoms with Gasteiger partial charge in [-0.05, 0) is 43.0 Å². The minimum Gasteiger partial charge on any atom is -0.376 e. The first kappa shape index (κ1) is 21.5. The van der Waals surface area contributed by atoms with Crippen LogP contribution in [0.1, 0.15) is 31.7 Å². The topological polar surface area (TPSA) is 86.1 Å². The van der Waals surface area contributed by atoms with Gasteiger partial charge in [0.05, 0.1) is 28.8 Å². The quantitative estimate of drug-likeness (QED) is 0.430. The van der Waals surface area contributed by atoms with Gasteiger partial charge in [0.25, 0.3) is 5.56 Å². The number of ether oxygens (including phenoxy) is 1. The molecule has 7 nitrogen and oxygen atoms in total. The summed E-state index contributed by atoms with van der Waals surface area (Å²) in [5, 5.41) is 3.75. The van der Waals surface area contributed by atoms with Gasteiger partial charge in [-0.1, -0.05) is 36.9 Å². The number of hydrogen-bond acceptors (Lipinski definition) is 6. The molecule has 4 rings (SSSR count). The lowest BCUT2D eigenvalue weighted by molar-refractivity contribution is -0.120. The minimum absolute atomic E-state index is 0.000467. The number of carbonyl (C=O) groups excluding carboxylic acids is 1. The number of para-hydroxylation sites is 1. The molecular weight excluding hydrogens is 412 g/mol. The Morgan fingerprint density at radius 3 is 2.94 bits per heavy atom. The lowest BCUT2D eigenvalue weighted by Gasteiger charge is -2.19. The van der Waals surface area contributed by atoms with E-state index in [0.29, 0.717) is 35.6 Å². The number of fused-ring (bicyclic) bond motifs is 1. The van der Waals surface area contributed by atoms with Gasteiger partial charge >= 0.3 is 0 Å². The molecule has 8 heteroatoms. The van der Waals surface area contributed by atoms with Crippen molar-refractivity contribution in [2.75, 3.05) is 6.61 Å². The van der Waals surface area contributed by atoms with Crippen molar-refractivity contribution in [3.05, 3.63) is 64.7 Å². The summed E-state index contributed by atoms with van der Waals surface area (Å²) < 4.78 is 7.44. The average Bonchev–Trinajstić information content (AvgIpc) is 3.32. The van der Waals surface area contributed by atoms with E-state index in [1.807, 2.05) is 37.3 Å². The number of nitrogens with zero attached hydrogens (tertiary/aromatic N) is 3. The van der Waals surface area contributed by atoms with E-state index in [2.05, 4.69) is 10.3 Å². The Bertz CT molecular complexity index is 1100. The maximum absolute atomic E-state index is 13.2. The summed E-state index contributed by atoms with van der Waals surface area (Å²) in [6.45, 7) is 3.55. The highest BCUT2D eigenvalue weighted by atomic mass is 32.2. The van der Waals surface area contributed by atoms with Gasteiger partial charge in [0.2, 0.25) is 5.91 Å². The van der Waals surface area contributed by atoms with E-state index >= 15 is 0 Å². The SMILES string of the molecule is CC[C@H](Sc1nc2ccccc2c(=O)n1C[C@H]1CCCO1)C(=O)NCc1cccnc1. The smallest absolute Gasteiger partial charge is 0.262 e. The molecule has 0 spiro atoms. The molecule has 0 radical (unpaired) electrons. The second-order valence-corrected chi connectivity index (χ2v) is 8.73. The Morgan fingerprint density at radius 1 is 1.32 bits per heavy atom. The molecule has 1 aliphatic rings. The molecule has 1 saturated heterocycles. The molecule has 0 saturated carbocycles. The van der Waals surface area contributed by atoms with Crippen LogP contribution in [-0.4, -0.2) is 38.4 Å². The van der Waals surface area contributed by atoms with Crippen LogP contribution in [0.2, 0.25) is 0 Å². The molecule has 1 amide bonds. The van der Waals surface area contributed by atoms with Crippen LogP contribution >= 0.6 is 11.8 Å². The first-order valence-electron chi connectivity index (χ1n) is 10.6. The number of carbonyl (C=O) groups is 1. The number of hydrogen-bond donors (Lipinski definition) is 1. The molecular formula is C23H26N4O3S. The highest BCUT2D eigenvalue weighted by molar-refractivity contribution is 8.00. The summed E-state index contributed by atoms with van der Waals surface area (Å²) in [5.74, 6) is -0.0811. The van der Waals surface area contributed by atoms with Crippen molar-refractivity contribution in [3.63, 3.8) is 0 Å². The van der Waals surface area contributed by atoms with Crippen LogP contribution in [-0.2, 0) is 22.6 Å². The Labute approximate surface area is 185 Å². The highest BCUT2D eigenvalue weighted by Gasteiger charge is 2.24. The standard InChI is InChI=1S/C23H26N4O3S/c1-2-20(21(28)25-14-16-7-5-11-24-13-16)31-23-26-19-10-4-3-9-18(19)22(29)27(23)15-17-8-6-12-30-17/h3-5,7,9-11,13,17,20H,2,6,8,12,14-15H2,1H3,(H,25,28)/t17-,20+/m1/s1. The van der Waals surface area contributed by atoms with Crippen molar-refractivity contribution >= 4 is 28.6 Å². The normalized spacial score (nSPS) is 17.0. The van der Waals surface area contributed by atoms with Crippen molar-refractivity contribution in [1.82, 2.24) is 19.9 Å². The van der Waals surface area contributed by atoms with E-state index in [4.69, 9.17) is 9.72 Å². The Hall–Kier alpha value is -2.71. The van der Waals surface area contributed by atoms with Gasteiger partial charge in [-0.15, -0.1) is 0 Å². The first-order valence-corrected chi connectivity index (χ1v) is 11.5.